The highest BCUT2D eigenvalue weighted by molar-refractivity contribution is 5.47. The van der Waals surface area contributed by atoms with Crippen LogP contribution in [-0.2, 0) is 6.42 Å². The third-order valence-corrected chi connectivity index (χ3v) is 3.52. The lowest BCUT2D eigenvalue weighted by Gasteiger charge is -2.16. The number of methoxy groups -OCH3 is 1. The maximum atomic E-state index is 10.1. The largest absolute Gasteiger partial charge is 0.493 e. The molecule has 2 rings (SSSR count). The Labute approximate surface area is 126 Å². The van der Waals surface area contributed by atoms with Crippen LogP contribution in [0.2, 0.25) is 0 Å². The lowest BCUT2D eigenvalue weighted by molar-refractivity contribution is 0.170. The maximum absolute atomic E-state index is 10.1. The van der Waals surface area contributed by atoms with E-state index in [1.54, 1.807) is 7.11 Å². The number of aliphatic hydroxyl groups is 1. The first kappa shape index (κ1) is 15.4. The predicted molar refractivity (Wildman–Crippen MR) is 84.1 cm³/mol. The molecule has 21 heavy (non-hydrogen) atoms. The first-order chi connectivity index (χ1) is 10.2. The summed E-state index contributed by atoms with van der Waals surface area (Å²) in [4.78, 5) is 0. The van der Waals surface area contributed by atoms with Gasteiger partial charge in [0.25, 0.3) is 0 Å². The summed E-state index contributed by atoms with van der Waals surface area (Å²) in [7, 11) is 1.63. The summed E-state index contributed by atoms with van der Waals surface area (Å²) in [6.45, 7) is 4.04. The third kappa shape index (κ3) is 3.56. The SMILES string of the molecule is CCc1ccc(Oc2ccccc2[C@H](O)CC)c(OC)c1. The van der Waals surface area contributed by atoms with Gasteiger partial charge in [0.05, 0.1) is 13.2 Å². The monoisotopic (exact) mass is 286 g/mol. The van der Waals surface area contributed by atoms with Crippen LogP contribution in [0.15, 0.2) is 42.5 Å². The first-order valence-electron chi connectivity index (χ1n) is 7.31. The van der Waals surface area contributed by atoms with Gasteiger partial charge in [0.1, 0.15) is 5.75 Å². The minimum absolute atomic E-state index is 0.526. The van der Waals surface area contributed by atoms with Crippen LogP contribution >= 0.6 is 0 Å². The molecular weight excluding hydrogens is 264 g/mol. The second-order valence-electron chi connectivity index (χ2n) is 4.90. The van der Waals surface area contributed by atoms with Crippen LogP contribution < -0.4 is 9.47 Å². The molecule has 1 atom stereocenters. The lowest BCUT2D eigenvalue weighted by atomic mass is 10.1. The van der Waals surface area contributed by atoms with Gasteiger partial charge in [-0.1, -0.05) is 38.1 Å². The highest BCUT2D eigenvalue weighted by Crippen LogP contribution is 2.36. The van der Waals surface area contributed by atoms with Gasteiger partial charge in [-0.25, -0.2) is 0 Å². The Morgan fingerprint density at radius 3 is 2.43 bits per heavy atom. The zero-order chi connectivity index (χ0) is 15.2. The number of hydrogen-bond donors (Lipinski definition) is 1. The Hall–Kier alpha value is -2.00. The molecule has 0 amide bonds. The molecule has 1 N–H and O–H groups in total. The fraction of sp³-hybridized carbons (Fsp3) is 0.333. The molecule has 2 aromatic rings. The second-order valence-corrected chi connectivity index (χ2v) is 4.90. The molecule has 0 aliphatic rings. The summed E-state index contributed by atoms with van der Waals surface area (Å²) < 4.78 is 11.4. The summed E-state index contributed by atoms with van der Waals surface area (Å²) in [5, 5.41) is 10.1. The molecule has 0 saturated heterocycles. The van der Waals surface area contributed by atoms with E-state index < -0.39 is 6.10 Å². The van der Waals surface area contributed by atoms with Crippen LogP contribution in [-0.4, -0.2) is 12.2 Å². The van der Waals surface area contributed by atoms with Crippen molar-refractivity contribution < 1.29 is 14.6 Å². The topological polar surface area (TPSA) is 38.7 Å². The molecule has 0 fully saturated rings. The van der Waals surface area contributed by atoms with E-state index in [1.807, 2.05) is 49.4 Å². The Kier molecular flexibility index (Phi) is 5.23. The summed E-state index contributed by atoms with van der Waals surface area (Å²) in [5.41, 5.74) is 1.99. The van der Waals surface area contributed by atoms with Crippen molar-refractivity contribution in [2.75, 3.05) is 7.11 Å². The number of para-hydroxylation sites is 1. The molecule has 3 heteroatoms. The molecule has 0 aliphatic heterocycles. The van der Waals surface area contributed by atoms with Crippen molar-refractivity contribution in [1.29, 1.82) is 0 Å². The van der Waals surface area contributed by atoms with Gasteiger partial charge in [-0.15, -0.1) is 0 Å². The number of aryl methyl sites for hydroxylation is 1. The standard InChI is InChI=1S/C18H22O3/c1-4-13-10-11-17(18(12-13)20-3)21-16-9-7-6-8-14(16)15(19)5-2/h6-12,15,19H,4-5H2,1-3H3/t15-/m1/s1. The van der Waals surface area contributed by atoms with Crippen LogP contribution in [0.3, 0.4) is 0 Å². The van der Waals surface area contributed by atoms with Crippen molar-refractivity contribution in [2.45, 2.75) is 32.8 Å². The Morgan fingerprint density at radius 2 is 1.76 bits per heavy atom. The molecule has 0 bridgehead atoms. The highest BCUT2D eigenvalue weighted by atomic mass is 16.5. The van der Waals surface area contributed by atoms with Crippen LogP contribution in [0.4, 0.5) is 0 Å². The third-order valence-electron chi connectivity index (χ3n) is 3.52. The Balaban J connectivity index is 2.34. The van der Waals surface area contributed by atoms with Crippen molar-refractivity contribution in [3.8, 4) is 17.2 Å². The molecule has 0 aliphatic carbocycles. The van der Waals surface area contributed by atoms with Gasteiger partial charge in [-0.3, -0.25) is 0 Å². The number of hydrogen-bond acceptors (Lipinski definition) is 3. The van der Waals surface area contributed by atoms with E-state index in [0.29, 0.717) is 23.7 Å². The Bertz CT molecular complexity index is 593. The predicted octanol–water partition coefficient (Wildman–Crippen LogP) is 4.49. The zero-order valence-corrected chi connectivity index (χ0v) is 12.8. The Morgan fingerprint density at radius 1 is 1.00 bits per heavy atom. The molecule has 3 nitrogen and oxygen atoms in total. The van der Waals surface area contributed by atoms with E-state index in [1.165, 1.54) is 5.56 Å². The smallest absolute Gasteiger partial charge is 0.169 e. The molecule has 0 aromatic heterocycles. The average Bonchev–Trinajstić information content (AvgIpc) is 2.55. The molecule has 2 aromatic carbocycles. The van der Waals surface area contributed by atoms with E-state index in [0.717, 1.165) is 12.0 Å². The van der Waals surface area contributed by atoms with Gasteiger partial charge >= 0.3 is 0 Å². The molecular formula is C18H22O3. The number of aliphatic hydroxyl groups excluding tert-OH is 1. The van der Waals surface area contributed by atoms with Crippen LogP contribution in [0, 0.1) is 0 Å². The highest BCUT2D eigenvalue weighted by Gasteiger charge is 2.13. The van der Waals surface area contributed by atoms with Crippen LogP contribution in [0.25, 0.3) is 0 Å². The van der Waals surface area contributed by atoms with Crippen molar-refractivity contribution >= 4 is 0 Å². The van der Waals surface area contributed by atoms with Gasteiger partial charge in [-0.2, -0.15) is 0 Å². The normalized spacial score (nSPS) is 12.0. The number of ether oxygens (including phenoxy) is 2. The first-order valence-corrected chi connectivity index (χ1v) is 7.31. The fourth-order valence-electron chi connectivity index (χ4n) is 2.20. The lowest BCUT2D eigenvalue weighted by Crippen LogP contribution is -1.99. The van der Waals surface area contributed by atoms with Crippen molar-refractivity contribution in [3.05, 3.63) is 53.6 Å². The molecule has 0 heterocycles. The molecule has 0 saturated carbocycles. The van der Waals surface area contributed by atoms with Crippen molar-refractivity contribution in [2.24, 2.45) is 0 Å². The average molecular weight is 286 g/mol. The van der Waals surface area contributed by atoms with E-state index in [2.05, 4.69) is 6.92 Å². The fourth-order valence-corrected chi connectivity index (χ4v) is 2.20. The van der Waals surface area contributed by atoms with Crippen LogP contribution in [0.5, 0.6) is 17.2 Å². The molecule has 0 unspecified atom stereocenters. The quantitative estimate of drug-likeness (QED) is 0.850. The van der Waals surface area contributed by atoms with Gasteiger partial charge in [0.2, 0.25) is 0 Å². The van der Waals surface area contributed by atoms with E-state index in [4.69, 9.17) is 9.47 Å². The maximum Gasteiger partial charge on any atom is 0.169 e. The van der Waals surface area contributed by atoms with Crippen LogP contribution in [0.1, 0.15) is 37.5 Å². The molecule has 112 valence electrons. The van der Waals surface area contributed by atoms with Gasteiger partial charge < -0.3 is 14.6 Å². The van der Waals surface area contributed by atoms with Crippen molar-refractivity contribution in [3.63, 3.8) is 0 Å². The summed E-state index contributed by atoms with van der Waals surface area (Å²) in [6.07, 6.45) is 1.07. The minimum Gasteiger partial charge on any atom is -0.493 e. The summed E-state index contributed by atoms with van der Waals surface area (Å²) >= 11 is 0. The van der Waals surface area contributed by atoms with Gasteiger partial charge in [0.15, 0.2) is 11.5 Å². The minimum atomic E-state index is -0.526. The molecule has 0 spiro atoms. The summed E-state index contributed by atoms with van der Waals surface area (Å²) in [6, 6.07) is 13.5. The van der Waals surface area contributed by atoms with Gasteiger partial charge in [0, 0.05) is 5.56 Å². The number of rotatable bonds is 6. The van der Waals surface area contributed by atoms with Crippen molar-refractivity contribution in [1.82, 2.24) is 0 Å². The summed E-state index contributed by atoms with van der Waals surface area (Å²) in [5.74, 6) is 2.02. The van der Waals surface area contributed by atoms with E-state index in [-0.39, 0.29) is 0 Å². The van der Waals surface area contributed by atoms with Gasteiger partial charge in [-0.05, 0) is 36.6 Å². The molecule has 0 radical (unpaired) electrons. The number of benzene rings is 2. The second kappa shape index (κ2) is 7.14. The van der Waals surface area contributed by atoms with E-state index >= 15 is 0 Å². The van der Waals surface area contributed by atoms with E-state index in [9.17, 15) is 5.11 Å². The zero-order valence-electron chi connectivity index (χ0n) is 12.8.